The van der Waals surface area contributed by atoms with Crippen LogP contribution in [0.1, 0.15) is 21.5 Å². The zero-order valence-electron chi connectivity index (χ0n) is 11.8. The van der Waals surface area contributed by atoms with Gasteiger partial charge in [-0.1, -0.05) is 30.0 Å². The summed E-state index contributed by atoms with van der Waals surface area (Å²) in [6, 6.07) is 11.5. The number of hydrogen-bond donors (Lipinski definition) is 1. The van der Waals surface area contributed by atoms with E-state index < -0.39 is 0 Å². The maximum atomic E-state index is 11.8. The Bertz CT molecular complexity index is 653. The molecule has 20 heavy (non-hydrogen) atoms. The highest BCUT2D eigenvalue weighted by molar-refractivity contribution is 7.99. The van der Waals surface area contributed by atoms with Crippen molar-refractivity contribution < 1.29 is 9.53 Å². The Morgan fingerprint density at radius 3 is 2.65 bits per heavy atom. The maximum Gasteiger partial charge on any atom is 0.339 e. The number of nitrogens with two attached hydrogens (primary N) is 1. The smallest absolute Gasteiger partial charge is 0.339 e. The van der Waals surface area contributed by atoms with Crippen LogP contribution in [0.4, 0.5) is 5.69 Å². The van der Waals surface area contributed by atoms with Gasteiger partial charge in [-0.3, -0.25) is 0 Å². The molecule has 0 atom stereocenters. The number of hydrogen-bond acceptors (Lipinski definition) is 4. The molecule has 0 aliphatic rings. The molecule has 3 nitrogen and oxygen atoms in total. The van der Waals surface area contributed by atoms with Gasteiger partial charge in [0.1, 0.15) is 0 Å². The van der Waals surface area contributed by atoms with Gasteiger partial charge in [0.15, 0.2) is 0 Å². The summed E-state index contributed by atoms with van der Waals surface area (Å²) in [6.07, 6.45) is 0. The topological polar surface area (TPSA) is 52.3 Å². The molecule has 0 heterocycles. The summed E-state index contributed by atoms with van der Waals surface area (Å²) in [5.41, 5.74) is 9.43. The van der Waals surface area contributed by atoms with Crippen molar-refractivity contribution in [1.29, 1.82) is 0 Å². The van der Waals surface area contributed by atoms with Crippen LogP contribution in [0.25, 0.3) is 0 Å². The van der Waals surface area contributed by atoms with E-state index in [-0.39, 0.29) is 5.97 Å². The van der Waals surface area contributed by atoms with Crippen molar-refractivity contribution >= 4 is 23.4 Å². The van der Waals surface area contributed by atoms with Gasteiger partial charge in [-0.05, 0) is 43.2 Å². The molecule has 0 saturated heterocycles. The molecular weight excluding hydrogens is 270 g/mol. The summed E-state index contributed by atoms with van der Waals surface area (Å²) in [6.45, 7) is 4.08. The molecule has 0 bridgehead atoms. The summed E-state index contributed by atoms with van der Waals surface area (Å²) in [5, 5.41) is 0. The second-order valence-corrected chi connectivity index (χ2v) is 5.64. The minimum Gasteiger partial charge on any atom is -0.465 e. The van der Waals surface area contributed by atoms with Crippen molar-refractivity contribution in [1.82, 2.24) is 0 Å². The highest BCUT2D eigenvalue weighted by atomic mass is 32.2. The number of carbonyl (C=O) groups is 1. The van der Waals surface area contributed by atoms with Gasteiger partial charge >= 0.3 is 5.97 Å². The predicted octanol–water partition coefficient (Wildman–Crippen LogP) is 3.82. The number of benzene rings is 2. The second kappa shape index (κ2) is 6.01. The lowest BCUT2D eigenvalue weighted by atomic mass is 10.2. The van der Waals surface area contributed by atoms with Crippen LogP contribution in [-0.2, 0) is 4.74 Å². The Balaban J connectivity index is 2.47. The Labute approximate surface area is 123 Å². The molecule has 4 heteroatoms. The van der Waals surface area contributed by atoms with Crippen LogP contribution in [0, 0.1) is 13.8 Å². The molecule has 2 aromatic rings. The van der Waals surface area contributed by atoms with Crippen molar-refractivity contribution in [3.63, 3.8) is 0 Å². The molecule has 2 N–H and O–H groups in total. The first-order valence-corrected chi connectivity index (χ1v) is 7.06. The molecule has 0 amide bonds. The second-order valence-electron chi connectivity index (χ2n) is 4.59. The number of ether oxygens (including phenoxy) is 1. The minimum atomic E-state index is -0.370. The number of esters is 1. The van der Waals surface area contributed by atoms with Crippen LogP contribution in [0.5, 0.6) is 0 Å². The molecule has 0 spiro atoms. The van der Waals surface area contributed by atoms with Gasteiger partial charge in [-0.2, -0.15) is 0 Å². The highest BCUT2D eigenvalue weighted by Crippen LogP contribution is 2.37. The molecule has 0 unspecified atom stereocenters. The van der Waals surface area contributed by atoms with Crippen molar-refractivity contribution in [2.75, 3.05) is 12.8 Å². The van der Waals surface area contributed by atoms with Gasteiger partial charge in [0, 0.05) is 15.5 Å². The van der Waals surface area contributed by atoms with E-state index in [0.29, 0.717) is 11.3 Å². The monoisotopic (exact) mass is 287 g/mol. The fraction of sp³-hybridized carbons (Fsp3) is 0.188. The zero-order valence-corrected chi connectivity index (χ0v) is 12.6. The summed E-state index contributed by atoms with van der Waals surface area (Å²) in [7, 11) is 1.37. The Morgan fingerprint density at radius 2 is 1.95 bits per heavy atom. The van der Waals surface area contributed by atoms with Crippen molar-refractivity contribution in [3.8, 4) is 0 Å². The normalized spacial score (nSPS) is 10.3. The van der Waals surface area contributed by atoms with Gasteiger partial charge < -0.3 is 10.5 Å². The molecular formula is C16H17NO2S. The Kier molecular flexibility index (Phi) is 4.35. The fourth-order valence-corrected chi connectivity index (χ4v) is 3.01. The first kappa shape index (κ1) is 14.5. The van der Waals surface area contributed by atoms with Gasteiger partial charge in [-0.25, -0.2) is 4.79 Å². The van der Waals surface area contributed by atoms with E-state index >= 15 is 0 Å². The number of aryl methyl sites for hydroxylation is 2. The van der Waals surface area contributed by atoms with Crippen molar-refractivity contribution in [2.45, 2.75) is 23.6 Å². The lowest BCUT2D eigenvalue weighted by molar-refractivity contribution is 0.0597. The number of anilines is 1. The van der Waals surface area contributed by atoms with Crippen LogP contribution >= 0.6 is 11.8 Å². The summed E-state index contributed by atoms with van der Waals surface area (Å²) in [4.78, 5) is 13.7. The zero-order chi connectivity index (χ0) is 14.7. The number of nitrogen functional groups attached to an aromatic ring is 1. The Morgan fingerprint density at radius 1 is 1.20 bits per heavy atom. The first-order chi connectivity index (χ1) is 9.52. The maximum absolute atomic E-state index is 11.8. The van der Waals surface area contributed by atoms with Crippen LogP contribution < -0.4 is 5.73 Å². The average Bonchev–Trinajstić information content (AvgIpc) is 2.44. The standard InChI is InChI=1S/C16H17NO2S/c1-10-7-8-11(2)14(9-10)20-15-12(16(18)19-3)5-4-6-13(15)17/h4-9H,17H2,1-3H3. The lowest BCUT2D eigenvalue weighted by Gasteiger charge is -2.12. The summed E-state index contributed by atoms with van der Waals surface area (Å²) in [5.74, 6) is -0.370. The van der Waals surface area contributed by atoms with E-state index in [4.69, 9.17) is 10.5 Å². The van der Waals surface area contributed by atoms with Gasteiger partial charge in [0.2, 0.25) is 0 Å². The first-order valence-electron chi connectivity index (χ1n) is 6.25. The number of carbonyl (C=O) groups excluding carboxylic acids is 1. The lowest BCUT2D eigenvalue weighted by Crippen LogP contribution is -2.05. The van der Waals surface area contributed by atoms with Crippen LogP contribution in [0.2, 0.25) is 0 Å². The third-order valence-electron chi connectivity index (χ3n) is 3.01. The van der Waals surface area contributed by atoms with Crippen LogP contribution in [0.3, 0.4) is 0 Å². The third-order valence-corrected chi connectivity index (χ3v) is 4.33. The van der Waals surface area contributed by atoms with E-state index in [1.807, 2.05) is 13.8 Å². The van der Waals surface area contributed by atoms with E-state index in [1.165, 1.54) is 24.4 Å². The van der Waals surface area contributed by atoms with Crippen molar-refractivity contribution in [3.05, 3.63) is 53.1 Å². The quantitative estimate of drug-likeness (QED) is 0.688. The van der Waals surface area contributed by atoms with Crippen LogP contribution in [-0.4, -0.2) is 13.1 Å². The molecule has 0 fully saturated rings. The minimum absolute atomic E-state index is 0.370. The number of methoxy groups -OCH3 is 1. The molecule has 2 rings (SSSR count). The predicted molar refractivity (Wildman–Crippen MR) is 82.2 cm³/mol. The van der Waals surface area contributed by atoms with E-state index in [0.717, 1.165) is 15.4 Å². The van der Waals surface area contributed by atoms with Gasteiger partial charge in [0.25, 0.3) is 0 Å². The number of rotatable bonds is 3. The Hall–Kier alpha value is -1.94. The molecule has 2 aromatic carbocycles. The van der Waals surface area contributed by atoms with Crippen molar-refractivity contribution in [2.24, 2.45) is 0 Å². The van der Waals surface area contributed by atoms with Crippen LogP contribution in [0.15, 0.2) is 46.2 Å². The summed E-state index contributed by atoms with van der Waals surface area (Å²) < 4.78 is 4.82. The molecule has 0 aliphatic carbocycles. The molecule has 104 valence electrons. The largest absolute Gasteiger partial charge is 0.465 e. The van der Waals surface area contributed by atoms with E-state index in [1.54, 1.807) is 18.2 Å². The highest BCUT2D eigenvalue weighted by Gasteiger charge is 2.16. The SMILES string of the molecule is COC(=O)c1cccc(N)c1Sc1cc(C)ccc1C. The summed E-state index contributed by atoms with van der Waals surface area (Å²) >= 11 is 1.50. The molecule has 0 aliphatic heterocycles. The van der Waals surface area contributed by atoms with E-state index in [9.17, 15) is 4.79 Å². The molecule has 0 radical (unpaired) electrons. The van der Waals surface area contributed by atoms with Gasteiger partial charge in [0.05, 0.1) is 12.7 Å². The van der Waals surface area contributed by atoms with Gasteiger partial charge in [-0.15, -0.1) is 0 Å². The molecule has 0 saturated carbocycles. The molecule has 0 aromatic heterocycles. The van der Waals surface area contributed by atoms with E-state index in [2.05, 4.69) is 18.2 Å². The fourth-order valence-electron chi connectivity index (χ4n) is 1.87. The average molecular weight is 287 g/mol. The third kappa shape index (κ3) is 2.96.